The lowest BCUT2D eigenvalue weighted by molar-refractivity contribution is -0.295. The number of halogens is 1. The van der Waals surface area contributed by atoms with Gasteiger partial charge in [-0.05, 0) is 0 Å². The Morgan fingerprint density at radius 1 is 1.20 bits per heavy atom. The van der Waals surface area contributed by atoms with Gasteiger partial charge in [0.15, 0.2) is 6.29 Å². The summed E-state index contributed by atoms with van der Waals surface area (Å²) >= 11 is 2.08. The van der Waals surface area contributed by atoms with Gasteiger partial charge in [0.05, 0.1) is 13.2 Å². The molecule has 1 rings (SSSR count). The Balaban J connectivity index is 2.58. The van der Waals surface area contributed by atoms with Gasteiger partial charge < -0.3 is 29.9 Å². The lowest BCUT2D eigenvalue weighted by Crippen LogP contribution is -2.59. The highest BCUT2D eigenvalue weighted by Crippen LogP contribution is 2.22. The van der Waals surface area contributed by atoms with E-state index in [9.17, 15) is 15.3 Å². The molecular formula is C8H15IO6. The standard InChI is InChI=1S/C8H15IO6/c9-1-2-14-7-6(12)5(11)4(3-10)15-8(7)13/h4-8,10-13H,1-3H2/t4-,5-,6+,7-,8-/m1/s1. The summed E-state index contributed by atoms with van der Waals surface area (Å²) in [6.07, 6.45) is -5.79. The predicted molar refractivity (Wildman–Crippen MR) is 58.6 cm³/mol. The second-order valence-electron chi connectivity index (χ2n) is 3.25. The van der Waals surface area contributed by atoms with Gasteiger partial charge in [-0.25, -0.2) is 0 Å². The molecular weight excluding hydrogens is 319 g/mol. The summed E-state index contributed by atoms with van der Waals surface area (Å²) in [5.41, 5.74) is 0. The highest BCUT2D eigenvalue weighted by atomic mass is 127. The number of ether oxygens (including phenoxy) is 2. The van der Waals surface area contributed by atoms with Crippen molar-refractivity contribution in [2.24, 2.45) is 0 Å². The molecule has 0 spiro atoms. The van der Waals surface area contributed by atoms with E-state index in [1.54, 1.807) is 0 Å². The first-order valence-corrected chi connectivity index (χ1v) is 6.12. The molecule has 7 heteroatoms. The minimum atomic E-state index is -1.33. The Morgan fingerprint density at radius 3 is 2.40 bits per heavy atom. The zero-order chi connectivity index (χ0) is 11.4. The largest absolute Gasteiger partial charge is 0.394 e. The van der Waals surface area contributed by atoms with Crippen molar-refractivity contribution < 1.29 is 29.9 Å². The summed E-state index contributed by atoms with van der Waals surface area (Å²) in [6.45, 7) is -0.118. The van der Waals surface area contributed by atoms with Crippen LogP contribution in [0.3, 0.4) is 0 Å². The number of rotatable bonds is 4. The minimum absolute atomic E-state index is 0.346. The Morgan fingerprint density at radius 2 is 1.87 bits per heavy atom. The number of aliphatic hydroxyl groups excluding tert-OH is 4. The molecule has 0 unspecified atom stereocenters. The van der Waals surface area contributed by atoms with Crippen molar-refractivity contribution in [3.63, 3.8) is 0 Å². The second-order valence-corrected chi connectivity index (χ2v) is 4.33. The van der Waals surface area contributed by atoms with Crippen LogP contribution in [-0.4, -0.2) is 68.8 Å². The number of aliphatic hydroxyl groups is 4. The topological polar surface area (TPSA) is 99.4 Å². The van der Waals surface area contributed by atoms with Gasteiger partial charge in [-0.2, -0.15) is 0 Å². The van der Waals surface area contributed by atoms with Crippen molar-refractivity contribution in [2.45, 2.75) is 30.7 Å². The summed E-state index contributed by atoms with van der Waals surface area (Å²) < 4.78 is 10.7. The molecule has 5 atom stereocenters. The molecule has 1 saturated heterocycles. The van der Waals surface area contributed by atoms with Crippen LogP contribution in [0.5, 0.6) is 0 Å². The normalized spacial score (nSPS) is 41.8. The first kappa shape index (κ1) is 13.6. The number of hydrogen-bond donors (Lipinski definition) is 4. The minimum Gasteiger partial charge on any atom is -0.394 e. The average molecular weight is 334 g/mol. The fraction of sp³-hybridized carbons (Fsp3) is 1.00. The maximum Gasteiger partial charge on any atom is 0.184 e. The van der Waals surface area contributed by atoms with Crippen LogP contribution in [0.15, 0.2) is 0 Å². The molecule has 0 aromatic rings. The van der Waals surface area contributed by atoms with Gasteiger partial charge in [0, 0.05) is 4.43 Å². The maximum absolute atomic E-state index is 9.61. The zero-order valence-electron chi connectivity index (χ0n) is 7.99. The summed E-state index contributed by atoms with van der Waals surface area (Å²) in [5, 5.41) is 37.4. The molecule has 1 heterocycles. The quantitative estimate of drug-likeness (QED) is 0.359. The van der Waals surface area contributed by atoms with E-state index < -0.39 is 37.3 Å². The van der Waals surface area contributed by atoms with Crippen LogP contribution < -0.4 is 0 Å². The van der Waals surface area contributed by atoms with E-state index in [-0.39, 0.29) is 0 Å². The highest BCUT2D eigenvalue weighted by Gasteiger charge is 2.44. The van der Waals surface area contributed by atoms with Crippen LogP contribution in [0.4, 0.5) is 0 Å². The molecule has 0 amide bonds. The van der Waals surface area contributed by atoms with E-state index in [2.05, 4.69) is 22.6 Å². The van der Waals surface area contributed by atoms with Crippen LogP contribution in [0.25, 0.3) is 0 Å². The Hall–Kier alpha value is 0.490. The fourth-order valence-corrected chi connectivity index (χ4v) is 1.69. The van der Waals surface area contributed by atoms with Crippen LogP contribution >= 0.6 is 22.6 Å². The molecule has 0 aliphatic carbocycles. The summed E-state index contributed by atoms with van der Waals surface area (Å²) in [6, 6.07) is 0. The lowest BCUT2D eigenvalue weighted by Gasteiger charge is -2.39. The third-order valence-corrected chi connectivity index (χ3v) is 2.67. The van der Waals surface area contributed by atoms with E-state index in [0.717, 1.165) is 0 Å². The predicted octanol–water partition coefficient (Wildman–Crippen LogP) is -1.76. The smallest absolute Gasteiger partial charge is 0.184 e. The van der Waals surface area contributed by atoms with Crippen LogP contribution in [0.2, 0.25) is 0 Å². The van der Waals surface area contributed by atoms with Crippen LogP contribution in [0.1, 0.15) is 0 Å². The lowest BCUT2D eigenvalue weighted by atomic mass is 9.99. The average Bonchev–Trinajstić information content (AvgIpc) is 2.23. The van der Waals surface area contributed by atoms with Gasteiger partial charge in [0.2, 0.25) is 0 Å². The third-order valence-electron chi connectivity index (χ3n) is 2.23. The Kier molecular flexibility index (Phi) is 5.68. The third kappa shape index (κ3) is 3.22. The highest BCUT2D eigenvalue weighted by molar-refractivity contribution is 14.1. The molecule has 0 saturated carbocycles. The van der Waals surface area contributed by atoms with Crippen molar-refractivity contribution in [3.05, 3.63) is 0 Å². The van der Waals surface area contributed by atoms with Gasteiger partial charge in [-0.15, -0.1) is 0 Å². The van der Waals surface area contributed by atoms with Crippen molar-refractivity contribution in [1.82, 2.24) is 0 Å². The van der Waals surface area contributed by atoms with E-state index >= 15 is 0 Å². The summed E-state index contributed by atoms with van der Waals surface area (Å²) in [4.78, 5) is 0. The molecule has 0 aromatic heterocycles. The van der Waals surface area contributed by atoms with Crippen molar-refractivity contribution in [2.75, 3.05) is 17.6 Å². The molecule has 1 fully saturated rings. The van der Waals surface area contributed by atoms with Crippen LogP contribution in [0, 0.1) is 0 Å². The SMILES string of the molecule is OC[C@H]1O[C@@H](O)[C@H](OCCI)[C@@H](O)[C@@H]1O. The summed E-state index contributed by atoms with van der Waals surface area (Å²) in [5.74, 6) is 0. The van der Waals surface area contributed by atoms with Gasteiger partial charge in [-0.1, -0.05) is 22.6 Å². The van der Waals surface area contributed by atoms with Crippen molar-refractivity contribution in [3.8, 4) is 0 Å². The zero-order valence-corrected chi connectivity index (χ0v) is 10.1. The van der Waals surface area contributed by atoms with E-state index in [1.165, 1.54) is 0 Å². The first-order valence-electron chi connectivity index (χ1n) is 4.60. The number of hydrogen-bond acceptors (Lipinski definition) is 6. The van der Waals surface area contributed by atoms with E-state index in [4.69, 9.17) is 14.6 Å². The van der Waals surface area contributed by atoms with Gasteiger partial charge in [0.1, 0.15) is 24.4 Å². The molecule has 15 heavy (non-hydrogen) atoms. The first-order chi connectivity index (χ1) is 7.11. The molecule has 0 bridgehead atoms. The van der Waals surface area contributed by atoms with Gasteiger partial charge in [0.25, 0.3) is 0 Å². The molecule has 6 nitrogen and oxygen atoms in total. The fourth-order valence-electron chi connectivity index (χ4n) is 1.43. The monoisotopic (exact) mass is 334 g/mol. The molecule has 1 aliphatic rings. The van der Waals surface area contributed by atoms with Crippen molar-refractivity contribution >= 4 is 22.6 Å². The molecule has 4 N–H and O–H groups in total. The van der Waals surface area contributed by atoms with E-state index in [1.807, 2.05) is 0 Å². The van der Waals surface area contributed by atoms with Gasteiger partial charge >= 0.3 is 0 Å². The van der Waals surface area contributed by atoms with E-state index in [0.29, 0.717) is 11.0 Å². The van der Waals surface area contributed by atoms with Crippen molar-refractivity contribution in [1.29, 1.82) is 0 Å². The van der Waals surface area contributed by atoms with Crippen LogP contribution in [-0.2, 0) is 9.47 Å². The molecule has 0 radical (unpaired) electrons. The molecule has 1 aliphatic heterocycles. The van der Waals surface area contributed by atoms with Gasteiger partial charge in [-0.3, -0.25) is 0 Å². The number of alkyl halides is 1. The molecule has 90 valence electrons. The Labute approximate surface area is 101 Å². The Bertz CT molecular complexity index is 192. The summed E-state index contributed by atoms with van der Waals surface area (Å²) in [7, 11) is 0. The molecule has 0 aromatic carbocycles. The second kappa shape index (κ2) is 6.28. The maximum atomic E-state index is 9.61.